The van der Waals surface area contributed by atoms with Crippen LogP contribution in [0.3, 0.4) is 0 Å². The number of fused-ring (bicyclic) bond motifs is 2. The van der Waals surface area contributed by atoms with Crippen molar-refractivity contribution in [2.24, 2.45) is 0 Å². The zero-order chi connectivity index (χ0) is 16.0. The Morgan fingerprint density at radius 2 is 1.74 bits per heavy atom. The normalized spacial score (nSPS) is 13.9. The number of carbonyl (C=O) groups is 2. The fourth-order valence-electron chi connectivity index (χ4n) is 2.84. The maximum atomic E-state index is 12.5. The maximum absolute atomic E-state index is 12.5. The number of thiazole rings is 1. The van der Waals surface area contributed by atoms with E-state index in [1.807, 2.05) is 12.1 Å². The predicted octanol–water partition coefficient (Wildman–Crippen LogP) is 4.05. The Bertz CT molecular complexity index is 910. The van der Waals surface area contributed by atoms with E-state index in [1.54, 1.807) is 41.7 Å². The Balaban J connectivity index is 1.78. The van der Waals surface area contributed by atoms with Gasteiger partial charge in [-0.15, -0.1) is 11.3 Å². The van der Waals surface area contributed by atoms with Gasteiger partial charge in [0.2, 0.25) is 0 Å². The van der Waals surface area contributed by atoms with Crippen molar-refractivity contribution in [3.8, 4) is 0 Å². The number of nitrogens with zero attached hydrogens (tertiary/aromatic N) is 2. The van der Waals surface area contributed by atoms with Crippen LogP contribution < -0.4 is 4.90 Å². The van der Waals surface area contributed by atoms with Gasteiger partial charge in [0.1, 0.15) is 0 Å². The Kier molecular flexibility index (Phi) is 3.23. The van der Waals surface area contributed by atoms with Crippen molar-refractivity contribution in [3.63, 3.8) is 0 Å². The van der Waals surface area contributed by atoms with Crippen LogP contribution in [0, 0.1) is 0 Å². The molecule has 0 radical (unpaired) electrons. The van der Waals surface area contributed by atoms with Gasteiger partial charge in [0.05, 0.1) is 32.0 Å². The van der Waals surface area contributed by atoms with Crippen LogP contribution in [0.2, 0.25) is 0 Å². The standard InChI is InChI=1S/C18H14N2O2S/c1-2-5-16-19-14-9-8-11(10-15(14)23-16)20-17(21)12-6-3-4-7-13(12)18(20)22/h3-4,6-10H,2,5H2,1H3. The van der Waals surface area contributed by atoms with Gasteiger partial charge >= 0.3 is 0 Å². The summed E-state index contributed by atoms with van der Waals surface area (Å²) in [6.07, 6.45) is 1.99. The van der Waals surface area contributed by atoms with E-state index in [1.165, 1.54) is 4.90 Å². The van der Waals surface area contributed by atoms with E-state index in [-0.39, 0.29) is 11.8 Å². The van der Waals surface area contributed by atoms with E-state index < -0.39 is 0 Å². The lowest BCUT2D eigenvalue weighted by Crippen LogP contribution is -2.29. The van der Waals surface area contributed by atoms with Crippen LogP contribution in [0.25, 0.3) is 10.2 Å². The highest BCUT2D eigenvalue weighted by Crippen LogP contribution is 2.32. The minimum absolute atomic E-state index is 0.261. The summed E-state index contributed by atoms with van der Waals surface area (Å²) in [4.78, 5) is 30.9. The zero-order valence-corrected chi connectivity index (χ0v) is 13.4. The summed E-state index contributed by atoms with van der Waals surface area (Å²) in [7, 11) is 0. The molecule has 0 saturated heterocycles. The molecule has 2 amide bonds. The second-order valence-electron chi connectivity index (χ2n) is 5.50. The lowest BCUT2D eigenvalue weighted by molar-refractivity contribution is 0.0926. The quantitative estimate of drug-likeness (QED) is 0.684. The number of anilines is 1. The van der Waals surface area contributed by atoms with Crippen molar-refractivity contribution in [1.82, 2.24) is 4.98 Å². The molecule has 0 fully saturated rings. The van der Waals surface area contributed by atoms with Crippen LogP contribution in [-0.2, 0) is 6.42 Å². The van der Waals surface area contributed by atoms with Gasteiger partial charge in [0.25, 0.3) is 11.8 Å². The first-order valence-electron chi connectivity index (χ1n) is 7.56. The Morgan fingerprint density at radius 3 is 2.39 bits per heavy atom. The fourth-order valence-corrected chi connectivity index (χ4v) is 3.95. The molecule has 4 rings (SSSR count). The molecule has 2 heterocycles. The van der Waals surface area contributed by atoms with Crippen molar-refractivity contribution in [2.75, 3.05) is 4.90 Å². The SMILES string of the molecule is CCCc1nc2ccc(N3C(=O)c4ccccc4C3=O)cc2s1. The van der Waals surface area contributed by atoms with Gasteiger partial charge < -0.3 is 0 Å². The molecule has 23 heavy (non-hydrogen) atoms. The molecule has 0 saturated carbocycles. The molecule has 5 heteroatoms. The highest BCUT2D eigenvalue weighted by atomic mass is 32.1. The van der Waals surface area contributed by atoms with Gasteiger partial charge in [0.15, 0.2) is 0 Å². The summed E-state index contributed by atoms with van der Waals surface area (Å²) in [5.74, 6) is -0.522. The predicted molar refractivity (Wildman–Crippen MR) is 91.2 cm³/mol. The molecule has 0 aliphatic carbocycles. The molecule has 1 aliphatic heterocycles. The number of aryl methyl sites for hydroxylation is 1. The van der Waals surface area contributed by atoms with E-state index >= 15 is 0 Å². The van der Waals surface area contributed by atoms with E-state index in [4.69, 9.17) is 0 Å². The molecule has 4 nitrogen and oxygen atoms in total. The summed E-state index contributed by atoms with van der Waals surface area (Å²) < 4.78 is 1.00. The molecule has 1 aliphatic rings. The minimum atomic E-state index is -0.261. The van der Waals surface area contributed by atoms with Crippen LogP contribution in [-0.4, -0.2) is 16.8 Å². The molecule has 0 N–H and O–H groups in total. The average molecular weight is 322 g/mol. The molecule has 1 aromatic heterocycles. The maximum Gasteiger partial charge on any atom is 0.266 e. The summed E-state index contributed by atoms with van der Waals surface area (Å²) in [6.45, 7) is 2.12. The molecule has 3 aromatic rings. The second-order valence-corrected chi connectivity index (χ2v) is 6.62. The average Bonchev–Trinajstić information content (AvgIpc) is 3.07. The van der Waals surface area contributed by atoms with Crippen LogP contribution in [0.1, 0.15) is 39.1 Å². The highest BCUT2D eigenvalue weighted by molar-refractivity contribution is 7.18. The molecule has 2 aromatic carbocycles. The van der Waals surface area contributed by atoms with Crippen molar-refractivity contribution in [2.45, 2.75) is 19.8 Å². The van der Waals surface area contributed by atoms with E-state index in [0.717, 1.165) is 28.1 Å². The number of imide groups is 1. The van der Waals surface area contributed by atoms with Crippen molar-refractivity contribution >= 4 is 39.1 Å². The summed E-state index contributed by atoms with van der Waals surface area (Å²) in [6, 6.07) is 12.5. The Morgan fingerprint density at radius 1 is 1.04 bits per heavy atom. The van der Waals surface area contributed by atoms with Crippen LogP contribution in [0.15, 0.2) is 42.5 Å². The lowest BCUT2D eigenvalue weighted by Gasteiger charge is -2.13. The van der Waals surface area contributed by atoms with Crippen LogP contribution in [0.4, 0.5) is 5.69 Å². The van der Waals surface area contributed by atoms with Gasteiger partial charge in [-0.25, -0.2) is 9.88 Å². The fraction of sp³-hybridized carbons (Fsp3) is 0.167. The summed E-state index contributed by atoms with van der Waals surface area (Å²) in [5, 5.41) is 1.09. The second kappa shape index (κ2) is 5.28. The molecule has 114 valence electrons. The largest absolute Gasteiger partial charge is 0.268 e. The Labute approximate surface area is 137 Å². The topological polar surface area (TPSA) is 50.3 Å². The van der Waals surface area contributed by atoms with Gasteiger partial charge in [0, 0.05) is 0 Å². The van der Waals surface area contributed by atoms with Crippen LogP contribution in [0.5, 0.6) is 0 Å². The zero-order valence-electron chi connectivity index (χ0n) is 12.6. The smallest absolute Gasteiger partial charge is 0.266 e. The summed E-state index contributed by atoms with van der Waals surface area (Å²) >= 11 is 1.62. The highest BCUT2D eigenvalue weighted by Gasteiger charge is 2.36. The number of hydrogen-bond acceptors (Lipinski definition) is 4. The molecular weight excluding hydrogens is 308 g/mol. The minimum Gasteiger partial charge on any atom is -0.268 e. The third kappa shape index (κ3) is 2.16. The van der Waals surface area contributed by atoms with Crippen LogP contribution >= 0.6 is 11.3 Å². The monoisotopic (exact) mass is 322 g/mol. The molecule has 0 unspecified atom stereocenters. The first kappa shape index (κ1) is 14.1. The molecule has 0 atom stereocenters. The van der Waals surface area contributed by atoms with Crippen molar-refractivity contribution in [3.05, 3.63) is 58.6 Å². The van der Waals surface area contributed by atoms with Crippen molar-refractivity contribution < 1.29 is 9.59 Å². The van der Waals surface area contributed by atoms with Gasteiger partial charge in [-0.05, 0) is 43.2 Å². The molecular formula is C18H14N2O2S. The number of amides is 2. The third-order valence-electron chi connectivity index (χ3n) is 3.93. The number of aromatic nitrogens is 1. The number of carbonyl (C=O) groups excluding carboxylic acids is 2. The number of rotatable bonds is 3. The number of benzene rings is 2. The molecule has 0 bridgehead atoms. The first-order valence-corrected chi connectivity index (χ1v) is 8.38. The lowest BCUT2D eigenvalue weighted by atomic mass is 10.1. The van der Waals surface area contributed by atoms with Gasteiger partial charge in [-0.1, -0.05) is 19.1 Å². The van der Waals surface area contributed by atoms with E-state index in [9.17, 15) is 9.59 Å². The van der Waals surface area contributed by atoms with Gasteiger partial charge in [-0.3, -0.25) is 9.59 Å². The number of hydrogen-bond donors (Lipinski definition) is 0. The molecule has 0 spiro atoms. The van der Waals surface area contributed by atoms with Crippen molar-refractivity contribution in [1.29, 1.82) is 0 Å². The Hall–Kier alpha value is -2.53. The van der Waals surface area contributed by atoms with E-state index in [0.29, 0.717) is 16.8 Å². The third-order valence-corrected chi connectivity index (χ3v) is 5.01. The first-order chi connectivity index (χ1) is 11.2. The summed E-state index contributed by atoms with van der Waals surface area (Å²) in [5.41, 5.74) is 2.45. The van der Waals surface area contributed by atoms with Gasteiger partial charge in [-0.2, -0.15) is 0 Å². The van der Waals surface area contributed by atoms with E-state index in [2.05, 4.69) is 11.9 Å².